The zero-order chi connectivity index (χ0) is 19.3. The van der Waals surface area contributed by atoms with Crippen LogP contribution in [-0.4, -0.2) is 27.6 Å². The van der Waals surface area contributed by atoms with Gasteiger partial charge in [-0.05, 0) is 42.3 Å². The molecule has 0 aliphatic heterocycles. The van der Waals surface area contributed by atoms with Crippen molar-refractivity contribution in [3.63, 3.8) is 0 Å². The minimum absolute atomic E-state index is 0.352. The lowest BCUT2D eigenvalue weighted by molar-refractivity contribution is 0.0601. The highest BCUT2D eigenvalue weighted by atomic mass is 16.5. The highest BCUT2D eigenvalue weighted by molar-refractivity contribution is 5.93. The fourth-order valence-electron chi connectivity index (χ4n) is 3.34. The summed E-state index contributed by atoms with van der Waals surface area (Å²) in [4.78, 5) is 21.1. The van der Waals surface area contributed by atoms with Crippen LogP contribution in [-0.2, 0) is 24.1 Å². The number of benzene rings is 2. The van der Waals surface area contributed by atoms with Gasteiger partial charge in [-0.2, -0.15) is 0 Å². The van der Waals surface area contributed by atoms with Crippen molar-refractivity contribution in [3.05, 3.63) is 95.6 Å². The van der Waals surface area contributed by atoms with Gasteiger partial charge in [0.1, 0.15) is 5.82 Å². The summed E-state index contributed by atoms with van der Waals surface area (Å²) in [5, 5.41) is 0. The monoisotopic (exact) mass is 371 g/mol. The molecule has 2 heterocycles. The third kappa shape index (κ3) is 3.78. The lowest BCUT2D eigenvalue weighted by atomic mass is 10.2. The largest absolute Gasteiger partial charge is 0.465 e. The second-order valence-corrected chi connectivity index (χ2v) is 6.62. The molecule has 0 bridgehead atoms. The van der Waals surface area contributed by atoms with Gasteiger partial charge in [-0.1, -0.05) is 36.4 Å². The van der Waals surface area contributed by atoms with Gasteiger partial charge < -0.3 is 9.30 Å². The van der Waals surface area contributed by atoms with E-state index >= 15 is 0 Å². The molecule has 0 saturated heterocycles. The summed E-state index contributed by atoms with van der Waals surface area (Å²) in [6.07, 6.45) is 3.39. The van der Waals surface area contributed by atoms with Gasteiger partial charge in [-0.25, -0.2) is 9.78 Å². The molecule has 0 unspecified atom stereocenters. The van der Waals surface area contributed by atoms with E-state index in [2.05, 4.69) is 21.7 Å². The zero-order valence-corrected chi connectivity index (χ0v) is 15.7. The van der Waals surface area contributed by atoms with Gasteiger partial charge in [0.25, 0.3) is 0 Å². The van der Waals surface area contributed by atoms with Crippen molar-refractivity contribution in [3.8, 4) is 0 Å². The lowest BCUT2D eigenvalue weighted by Crippen LogP contribution is -2.07. The molecule has 140 valence electrons. The van der Waals surface area contributed by atoms with E-state index in [4.69, 9.17) is 9.72 Å². The first-order valence-corrected chi connectivity index (χ1v) is 9.26. The minimum Gasteiger partial charge on any atom is -0.465 e. The van der Waals surface area contributed by atoms with E-state index in [-0.39, 0.29) is 5.97 Å². The number of aromatic nitrogens is 3. The predicted octanol–water partition coefficient (Wildman–Crippen LogP) is 4.05. The third-order valence-electron chi connectivity index (χ3n) is 4.76. The molecular weight excluding hydrogens is 350 g/mol. The molecule has 2 aromatic carbocycles. The third-order valence-corrected chi connectivity index (χ3v) is 4.76. The van der Waals surface area contributed by atoms with Gasteiger partial charge in [0, 0.05) is 24.9 Å². The number of aryl methyl sites for hydroxylation is 2. The van der Waals surface area contributed by atoms with Gasteiger partial charge in [-0.3, -0.25) is 4.98 Å². The van der Waals surface area contributed by atoms with Crippen LogP contribution in [0.5, 0.6) is 0 Å². The van der Waals surface area contributed by atoms with E-state index in [0.717, 1.165) is 41.9 Å². The Labute approximate surface area is 163 Å². The predicted molar refractivity (Wildman–Crippen MR) is 108 cm³/mol. The molecule has 4 aromatic rings. The molecule has 2 aromatic heterocycles. The summed E-state index contributed by atoms with van der Waals surface area (Å²) in [6, 6.07) is 21.8. The highest BCUT2D eigenvalue weighted by Gasteiger charge is 2.14. The summed E-state index contributed by atoms with van der Waals surface area (Å²) in [7, 11) is 1.39. The number of fused-ring (bicyclic) bond motifs is 1. The second-order valence-electron chi connectivity index (χ2n) is 6.62. The number of hydrogen-bond acceptors (Lipinski definition) is 4. The molecule has 0 saturated carbocycles. The maximum absolute atomic E-state index is 11.9. The maximum Gasteiger partial charge on any atom is 0.337 e. The molecule has 0 atom stereocenters. The van der Waals surface area contributed by atoms with E-state index in [1.807, 2.05) is 48.7 Å². The first kappa shape index (κ1) is 17.9. The molecular formula is C23H21N3O2. The Kier molecular flexibility index (Phi) is 5.15. The van der Waals surface area contributed by atoms with Crippen LogP contribution in [0, 0.1) is 0 Å². The van der Waals surface area contributed by atoms with E-state index in [0.29, 0.717) is 5.56 Å². The van der Waals surface area contributed by atoms with Crippen LogP contribution in [0.4, 0.5) is 0 Å². The van der Waals surface area contributed by atoms with Crippen molar-refractivity contribution in [1.29, 1.82) is 0 Å². The Hall–Kier alpha value is -3.47. The topological polar surface area (TPSA) is 57.0 Å². The number of carbonyl (C=O) groups excluding carboxylic acids is 1. The van der Waals surface area contributed by atoms with E-state index in [1.54, 1.807) is 12.1 Å². The van der Waals surface area contributed by atoms with Crippen molar-refractivity contribution < 1.29 is 9.53 Å². The Morgan fingerprint density at radius 3 is 2.57 bits per heavy atom. The van der Waals surface area contributed by atoms with E-state index < -0.39 is 0 Å². The fourth-order valence-corrected chi connectivity index (χ4v) is 3.34. The molecule has 28 heavy (non-hydrogen) atoms. The van der Waals surface area contributed by atoms with Gasteiger partial charge >= 0.3 is 5.97 Å². The van der Waals surface area contributed by atoms with Crippen LogP contribution in [0.3, 0.4) is 0 Å². The molecule has 4 rings (SSSR count). The van der Waals surface area contributed by atoms with Crippen molar-refractivity contribution in [2.75, 3.05) is 7.11 Å². The molecule has 5 nitrogen and oxygen atoms in total. The molecule has 0 aliphatic carbocycles. The number of methoxy groups -OCH3 is 1. The molecule has 0 N–H and O–H groups in total. The maximum atomic E-state index is 11.9. The first-order chi connectivity index (χ1) is 13.7. The fraction of sp³-hybridized carbons (Fsp3) is 0.174. The quantitative estimate of drug-likeness (QED) is 0.480. The van der Waals surface area contributed by atoms with Crippen LogP contribution >= 0.6 is 0 Å². The van der Waals surface area contributed by atoms with Gasteiger partial charge in [0.15, 0.2) is 0 Å². The van der Waals surface area contributed by atoms with Crippen LogP contribution < -0.4 is 0 Å². The number of rotatable bonds is 6. The summed E-state index contributed by atoms with van der Waals surface area (Å²) in [6.45, 7) is 0.729. The number of hydrogen-bond donors (Lipinski definition) is 0. The number of esters is 1. The first-order valence-electron chi connectivity index (χ1n) is 9.26. The summed E-state index contributed by atoms with van der Waals surface area (Å²) in [5.41, 5.74) is 4.56. The second kappa shape index (κ2) is 8.05. The van der Waals surface area contributed by atoms with Crippen LogP contribution in [0.15, 0.2) is 72.9 Å². The Balaban J connectivity index is 1.72. The number of pyridine rings is 1. The van der Waals surface area contributed by atoms with Crippen molar-refractivity contribution >= 4 is 17.0 Å². The van der Waals surface area contributed by atoms with Crippen molar-refractivity contribution in [2.45, 2.75) is 19.4 Å². The molecule has 0 aliphatic rings. The Morgan fingerprint density at radius 2 is 1.82 bits per heavy atom. The molecule has 5 heteroatoms. The summed E-state index contributed by atoms with van der Waals surface area (Å²) < 4.78 is 7.06. The van der Waals surface area contributed by atoms with E-state index in [9.17, 15) is 4.79 Å². The molecule has 0 radical (unpaired) electrons. The number of ether oxygens (including phenoxy) is 1. The number of nitrogens with zero attached hydrogens (tertiary/aromatic N) is 3. The average Bonchev–Trinajstić information content (AvgIpc) is 3.09. The van der Waals surface area contributed by atoms with Gasteiger partial charge in [0.05, 0.1) is 23.7 Å². The van der Waals surface area contributed by atoms with Crippen molar-refractivity contribution in [2.24, 2.45) is 0 Å². The average molecular weight is 371 g/mol. The normalized spacial score (nSPS) is 10.9. The summed E-state index contributed by atoms with van der Waals surface area (Å²) in [5.74, 6) is 0.626. The SMILES string of the molecule is COC(=O)c1ccc2c(c1)nc(CCc1ccccn1)n2Cc1ccccc1. The smallest absolute Gasteiger partial charge is 0.337 e. The molecule has 0 fully saturated rings. The van der Waals surface area contributed by atoms with Crippen LogP contribution in [0.25, 0.3) is 11.0 Å². The van der Waals surface area contributed by atoms with Crippen molar-refractivity contribution in [1.82, 2.24) is 14.5 Å². The minimum atomic E-state index is -0.352. The molecule has 0 spiro atoms. The van der Waals surface area contributed by atoms with Crippen LogP contribution in [0.1, 0.15) is 27.4 Å². The van der Waals surface area contributed by atoms with Gasteiger partial charge in [-0.15, -0.1) is 0 Å². The summed E-state index contributed by atoms with van der Waals surface area (Å²) >= 11 is 0. The van der Waals surface area contributed by atoms with Gasteiger partial charge in [0.2, 0.25) is 0 Å². The number of carbonyl (C=O) groups is 1. The Bertz CT molecular complexity index is 1090. The Morgan fingerprint density at radius 1 is 1.00 bits per heavy atom. The van der Waals surface area contributed by atoms with Crippen LogP contribution in [0.2, 0.25) is 0 Å². The lowest BCUT2D eigenvalue weighted by Gasteiger charge is -2.10. The van der Waals surface area contributed by atoms with E-state index in [1.165, 1.54) is 12.7 Å². The zero-order valence-electron chi connectivity index (χ0n) is 15.7. The standard InChI is InChI=1S/C23H21N3O2/c1-28-23(27)18-10-12-21-20(15-18)25-22(13-11-19-9-5-6-14-24-19)26(21)16-17-7-3-2-4-8-17/h2-10,12,14-15H,11,13,16H2,1H3. The number of imidazole rings is 1. The highest BCUT2D eigenvalue weighted by Crippen LogP contribution is 2.21. The molecule has 0 amide bonds.